The van der Waals surface area contributed by atoms with Crippen molar-refractivity contribution >= 4 is 10.1 Å². The Balaban J connectivity index is 2.06. The molecule has 0 amide bonds. The van der Waals surface area contributed by atoms with E-state index in [1.165, 1.54) is 18.5 Å². The van der Waals surface area contributed by atoms with Crippen LogP contribution < -0.4 is 0 Å². The molecule has 0 unspecified atom stereocenters. The molecule has 2 rings (SSSR count). The van der Waals surface area contributed by atoms with E-state index in [4.69, 9.17) is 0 Å². The van der Waals surface area contributed by atoms with Gasteiger partial charge < -0.3 is 0 Å². The average molecular weight is 230 g/mol. The first kappa shape index (κ1) is 10.6. The summed E-state index contributed by atoms with van der Waals surface area (Å²) in [6.07, 6.45) is 3.44. The molecule has 5 nitrogen and oxygen atoms in total. The molecule has 1 aromatic rings. The second-order valence-corrected chi connectivity index (χ2v) is 5.57. The van der Waals surface area contributed by atoms with Gasteiger partial charge in [0.1, 0.15) is 6.61 Å². The Morgan fingerprint density at radius 1 is 1.60 bits per heavy atom. The van der Waals surface area contributed by atoms with Crippen LogP contribution in [-0.4, -0.2) is 24.5 Å². The van der Waals surface area contributed by atoms with Gasteiger partial charge >= 0.3 is 0 Å². The first-order chi connectivity index (χ1) is 6.96. The highest BCUT2D eigenvalue weighted by Crippen LogP contribution is 2.39. The Bertz CT molecular complexity index is 460. The SMILES string of the molecule is Cn1nc(COS(C)(=O)=O)cc1C1CC1. The van der Waals surface area contributed by atoms with Crippen molar-refractivity contribution in [3.63, 3.8) is 0 Å². The summed E-state index contributed by atoms with van der Waals surface area (Å²) in [5, 5.41) is 4.20. The molecule has 0 atom stereocenters. The van der Waals surface area contributed by atoms with Crippen molar-refractivity contribution in [2.45, 2.75) is 25.4 Å². The molecule has 0 N–H and O–H groups in total. The van der Waals surface area contributed by atoms with Gasteiger partial charge in [-0.3, -0.25) is 8.86 Å². The molecule has 1 saturated carbocycles. The molecule has 1 aliphatic carbocycles. The molecule has 1 heterocycles. The molecular formula is C9H14N2O3S. The molecule has 1 aromatic heterocycles. The molecular weight excluding hydrogens is 216 g/mol. The Kier molecular flexibility index (Phi) is 2.56. The molecule has 1 fully saturated rings. The maximum Gasteiger partial charge on any atom is 0.264 e. The monoisotopic (exact) mass is 230 g/mol. The number of nitrogens with zero attached hydrogens (tertiary/aromatic N) is 2. The molecule has 84 valence electrons. The quantitative estimate of drug-likeness (QED) is 0.717. The van der Waals surface area contributed by atoms with Crippen LogP contribution in [0.15, 0.2) is 6.07 Å². The zero-order valence-electron chi connectivity index (χ0n) is 8.80. The minimum Gasteiger partial charge on any atom is -0.272 e. The first-order valence-electron chi connectivity index (χ1n) is 4.83. The first-order valence-corrected chi connectivity index (χ1v) is 6.64. The maximum absolute atomic E-state index is 10.8. The van der Waals surface area contributed by atoms with Crippen LogP contribution in [-0.2, 0) is 28.0 Å². The van der Waals surface area contributed by atoms with Gasteiger partial charge in [0.05, 0.1) is 11.9 Å². The number of hydrogen-bond acceptors (Lipinski definition) is 4. The van der Waals surface area contributed by atoms with Crippen LogP contribution in [0.25, 0.3) is 0 Å². The zero-order chi connectivity index (χ0) is 11.1. The van der Waals surface area contributed by atoms with Gasteiger partial charge in [0.2, 0.25) is 0 Å². The van der Waals surface area contributed by atoms with Gasteiger partial charge in [-0.25, -0.2) is 0 Å². The summed E-state index contributed by atoms with van der Waals surface area (Å²) >= 11 is 0. The fraction of sp³-hybridized carbons (Fsp3) is 0.667. The van der Waals surface area contributed by atoms with E-state index in [0.29, 0.717) is 11.6 Å². The minimum absolute atomic E-state index is 0.0272. The van der Waals surface area contributed by atoms with E-state index in [0.717, 1.165) is 6.26 Å². The van der Waals surface area contributed by atoms with Crippen molar-refractivity contribution in [2.75, 3.05) is 6.26 Å². The van der Waals surface area contributed by atoms with Gasteiger partial charge in [-0.05, 0) is 18.9 Å². The van der Waals surface area contributed by atoms with Gasteiger partial charge in [0, 0.05) is 18.7 Å². The van der Waals surface area contributed by atoms with E-state index in [1.807, 2.05) is 13.1 Å². The Hall–Kier alpha value is -0.880. The van der Waals surface area contributed by atoms with E-state index in [1.54, 1.807) is 4.68 Å². The van der Waals surface area contributed by atoms with Crippen LogP contribution in [0.4, 0.5) is 0 Å². The van der Waals surface area contributed by atoms with E-state index >= 15 is 0 Å². The van der Waals surface area contributed by atoms with Crippen molar-refractivity contribution in [3.8, 4) is 0 Å². The maximum atomic E-state index is 10.8. The molecule has 0 saturated heterocycles. The highest BCUT2D eigenvalue weighted by atomic mass is 32.2. The lowest BCUT2D eigenvalue weighted by Gasteiger charge is -1.96. The molecule has 15 heavy (non-hydrogen) atoms. The van der Waals surface area contributed by atoms with Crippen molar-refractivity contribution in [1.82, 2.24) is 9.78 Å². The fourth-order valence-corrected chi connectivity index (χ4v) is 1.88. The predicted octanol–water partition coefficient (Wildman–Crippen LogP) is 0.774. The van der Waals surface area contributed by atoms with Crippen LogP contribution in [0.1, 0.15) is 30.1 Å². The van der Waals surface area contributed by atoms with Crippen LogP contribution in [0.5, 0.6) is 0 Å². The topological polar surface area (TPSA) is 61.2 Å². The minimum atomic E-state index is -3.38. The van der Waals surface area contributed by atoms with E-state index in [9.17, 15) is 8.42 Å². The van der Waals surface area contributed by atoms with Gasteiger partial charge in [-0.2, -0.15) is 13.5 Å². The molecule has 0 aromatic carbocycles. The molecule has 0 aliphatic heterocycles. The van der Waals surface area contributed by atoms with Gasteiger partial charge in [0.25, 0.3) is 10.1 Å². The average Bonchev–Trinajstić information content (AvgIpc) is 2.87. The fourth-order valence-electron chi connectivity index (χ4n) is 1.54. The molecule has 0 spiro atoms. The van der Waals surface area contributed by atoms with Crippen molar-refractivity contribution < 1.29 is 12.6 Å². The smallest absolute Gasteiger partial charge is 0.264 e. The van der Waals surface area contributed by atoms with Gasteiger partial charge in [-0.1, -0.05) is 0 Å². The standard InChI is InChI=1S/C9H14N2O3S/c1-11-9(7-3-4-7)5-8(10-11)6-14-15(2,12)13/h5,7H,3-4,6H2,1-2H3. The molecule has 0 bridgehead atoms. The van der Waals surface area contributed by atoms with Crippen LogP contribution in [0, 0.1) is 0 Å². The van der Waals surface area contributed by atoms with E-state index in [-0.39, 0.29) is 6.61 Å². The van der Waals surface area contributed by atoms with Gasteiger partial charge in [-0.15, -0.1) is 0 Å². The lowest BCUT2D eigenvalue weighted by Crippen LogP contribution is -2.03. The lowest BCUT2D eigenvalue weighted by molar-refractivity contribution is 0.306. The second-order valence-electron chi connectivity index (χ2n) is 3.92. The van der Waals surface area contributed by atoms with Gasteiger partial charge in [0.15, 0.2) is 0 Å². The highest BCUT2D eigenvalue weighted by molar-refractivity contribution is 7.85. The third-order valence-electron chi connectivity index (χ3n) is 2.38. The summed E-state index contributed by atoms with van der Waals surface area (Å²) in [5.74, 6) is 0.606. The largest absolute Gasteiger partial charge is 0.272 e. The lowest BCUT2D eigenvalue weighted by atomic mass is 10.3. The summed E-state index contributed by atoms with van der Waals surface area (Å²) in [5.41, 5.74) is 1.84. The number of aryl methyl sites for hydroxylation is 1. The zero-order valence-corrected chi connectivity index (χ0v) is 9.62. The van der Waals surface area contributed by atoms with E-state index in [2.05, 4.69) is 9.28 Å². The summed E-state index contributed by atoms with van der Waals surface area (Å²) in [6.45, 7) is 0.0272. The Morgan fingerprint density at radius 3 is 2.80 bits per heavy atom. The van der Waals surface area contributed by atoms with Crippen LogP contribution >= 0.6 is 0 Å². The Morgan fingerprint density at radius 2 is 2.27 bits per heavy atom. The van der Waals surface area contributed by atoms with E-state index < -0.39 is 10.1 Å². The molecule has 0 radical (unpaired) electrons. The second kappa shape index (κ2) is 3.61. The summed E-state index contributed by atoms with van der Waals surface area (Å²) < 4.78 is 28.1. The van der Waals surface area contributed by atoms with Crippen molar-refractivity contribution in [1.29, 1.82) is 0 Å². The summed E-state index contributed by atoms with van der Waals surface area (Å²) in [4.78, 5) is 0. The number of rotatable bonds is 4. The number of hydrogen-bond donors (Lipinski definition) is 0. The Labute approximate surface area is 89.2 Å². The third-order valence-corrected chi connectivity index (χ3v) is 2.93. The summed E-state index contributed by atoms with van der Waals surface area (Å²) in [7, 11) is -1.51. The summed E-state index contributed by atoms with van der Waals surface area (Å²) in [6, 6.07) is 1.92. The molecule has 1 aliphatic rings. The molecule has 6 heteroatoms. The third kappa shape index (κ3) is 2.79. The van der Waals surface area contributed by atoms with Crippen molar-refractivity contribution in [3.05, 3.63) is 17.5 Å². The predicted molar refractivity (Wildman–Crippen MR) is 54.8 cm³/mol. The van der Waals surface area contributed by atoms with Crippen LogP contribution in [0.2, 0.25) is 0 Å². The highest BCUT2D eigenvalue weighted by Gasteiger charge is 2.27. The van der Waals surface area contributed by atoms with Crippen molar-refractivity contribution in [2.24, 2.45) is 7.05 Å². The van der Waals surface area contributed by atoms with Crippen LogP contribution in [0.3, 0.4) is 0 Å². The number of aromatic nitrogens is 2. The normalized spacial score (nSPS) is 16.9.